The van der Waals surface area contributed by atoms with Crippen LogP contribution in [0.2, 0.25) is 0 Å². The van der Waals surface area contributed by atoms with Crippen LogP contribution in [0.1, 0.15) is 23.1 Å². The van der Waals surface area contributed by atoms with Gasteiger partial charge in [-0.15, -0.1) is 0 Å². The van der Waals surface area contributed by atoms with Crippen LogP contribution in [0, 0.1) is 6.92 Å². The topological polar surface area (TPSA) is 56.5 Å². The van der Waals surface area contributed by atoms with Gasteiger partial charge in [0.05, 0.1) is 11.4 Å². The molecule has 1 aromatic heterocycles. The number of hydrogen-bond donors (Lipinski definition) is 1. The summed E-state index contributed by atoms with van der Waals surface area (Å²) in [6.07, 6.45) is -0.524. The van der Waals surface area contributed by atoms with Crippen LogP contribution < -0.4 is 9.47 Å². The van der Waals surface area contributed by atoms with Crippen molar-refractivity contribution in [2.24, 2.45) is 7.05 Å². The van der Waals surface area contributed by atoms with Crippen molar-refractivity contribution in [3.8, 4) is 11.5 Å². The average Bonchev–Trinajstić information content (AvgIpc) is 2.90. The van der Waals surface area contributed by atoms with Crippen LogP contribution >= 0.6 is 0 Å². The fourth-order valence-corrected chi connectivity index (χ4v) is 2.22. The highest BCUT2D eigenvalue weighted by atomic mass is 16.5. The fraction of sp³-hybridized carbons (Fsp3) is 0.357. The number of fused-ring (bicyclic) bond motifs is 1. The van der Waals surface area contributed by atoms with Crippen molar-refractivity contribution in [1.82, 2.24) is 9.78 Å². The van der Waals surface area contributed by atoms with Crippen LogP contribution in [0.5, 0.6) is 11.5 Å². The van der Waals surface area contributed by atoms with Gasteiger partial charge in [-0.3, -0.25) is 4.68 Å². The van der Waals surface area contributed by atoms with Crippen molar-refractivity contribution < 1.29 is 14.6 Å². The van der Waals surface area contributed by atoms with E-state index < -0.39 is 6.10 Å². The quantitative estimate of drug-likeness (QED) is 0.913. The van der Waals surface area contributed by atoms with Gasteiger partial charge in [-0.2, -0.15) is 5.10 Å². The molecule has 0 radical (unpaired) electrons. The molecule has 0 bridgehead atoms. The van der Waals surface area contributed by atoms with E-state index in [1.165, 1.54) is 0 Å². The summed E-state index contributed by atoms with van der Waals surface area (Å²) >= 11 is 0. The van der Waals surface area contributed by atoms with Gasteiger partial charge in [-0.25, -0.2) is 0 Å². The Bertz CT molecular complexity index is 607. The minimum absolute atomic E-state index is 0.319. The Morgan fingerprint density at radius 1 is 1.47 bits per heavy atom. The molecule has 3 rings (SSSR count). The Balaban J connectivity index is 1.73. The van der Waals surface area contributed by atoms with Gasteiger partial charge in [-0.05, 0) is 25.1 Å². The molecule has 2 aromatic rings. The van der Waals surface area contributed by atoms with E-state index in [9.17, 15) is 5.11 Å². The van der Waals surface area contributed by atoms with E-state index in [1.807, 2.05) is 42.9 Å². The van der Waals surface area contributed by atoms with Crippen molar-refractivity contribution in [2.45, 2.75) is 19.6 Å². The first-order chi connectivity index (χ1) is 9.13. The van der Waals surface area contributed by atoms with Crippen LogP contribution in [0.3, 0.4) is 0 Å². The molecule has 1 N–H and O–H groups in total. The number of hydrogen-bond acceptors (Lipinski definition) is 4. The van der Waals surface area contributed by atoms with E-state index in [2.05, 4.69) is 5.10 Å². The van der Waals surface area contributed by atoms with Crippen LogP contribution in [0.15, 0.2) is 24.3 Å². The standard InChI is InChI=1S/C14H16N2O3/c1-9-5-10(16(2)15-9)7-18-11-3-4-12-13(17)8-19-14(12)6-11/h3-6,13,17H,7-8H2,1-2H3. The number of rotatable bonds is 3. The maximum atomic E-state index is 9.64. The highest BCUT2D eigenvalue weighted by Gasteiger charge is 2.22. The Morgan fingerprint density at radius 3 is 3.05 bits per heavy atom. The highest BCUT2D eigenvalue weighted by molar-refractivity contribution is 5.44. The number of nitrogens with zero attached hydrogens (tertiary/aromatic N) is 2. The maximum Gasteiger partial charge on any atom is 0.130 e. The summed E-state index contributed by atoms with van der Waals surface area (Å²) in [5, 5.41) is 13.9. The fourth-order valence-electron chi connectivity index (χ4n) is 2.22. The summed E-state index contributed by atoms with van der Waals surface area (Å²) in [5.74, 6) is 1.43. The Hall–Kier alpha value is -2.01. The largest absolute Gasteiger partial charge is 0.490 e. The van der Waals surface area contributed by atoms with Gasteiger partial charge >= 0.3 is 0 Å². The van der Waals surface area contributed by atoms with Crippen LogP contribution in [0.4, 0.5) is 0 Å². The smallest absolute Gasteiger partial charge is 0.130 e. The van der Waals surface area contributed by atoms with Gasteiger partial charge in [0.25, 0.3) is 0 Å². The number of benzene rings is 1. The molecule has 100 valence electrons. The van der Waals surface area contributed by atoms with Gasteiger partial charge in [0.2, 0.25) is 0 Å². The lowest BCUT2D eigenvalue weighted by Gasteiger charge is -2.08. The van der Waals surface area contributed by atoms with Crippen LogP contribution in [-0.2, 0) is 13.7 Å². The summed E-state index contributed by atoms with van der Waals surface area (Å²) in [4.78, 5) is 0. The normalized spacial score (nSPS) is 17.1. The van der Waals surface area contributed by atoms with Crippen LogP contribution in [-0.4, -0.2) is 21.5 Å². The van der Waals surface area contributed by atoms with E-state index in [4.69, 9.17) is 9.47 Å². The van der Waals surface area contributed by atoms with E-state index in [-0.39, 0.29) is 0 Å². The number of ether oxygens (including phenoxy) is 2. The van der Waals surface area contributed by atoms with Gasteiger partial charge in [0.15, 0.2) is 0 Å². The van der Waals surface area contributed by atoms with Gasteiger partial charge in [0.1, 0.15) is 30.8 Å². The molecule has 0 fully saturated rings. The van der Waals surface area contributed by atoms with E-state index >= 15 is 0 Å². The third kappa shape index (κ3) is 2.29. The zero-order valence-corrected chi connectivity index (χ0v) is 11.0. The zero-order chi connectivity index (χ0) is 13.4. The Labute approximate surface area is 111 Å². The molecule has 0 spiro atoms. The highest BCUT2D eigenvalue weighted by Crippen LogP contribution is 2.35. The molecule has 2 heterocycles. The van der Waals surface area contributed by atoms with Crippen molar-refractivity contribution >= 4 is 0 Å². The summed E-state index contributed by atoms with van der Waals surface area (Å²) in [6, 6.07) is 7.50. The molecular weight excluding hydrogens is 244 g/mol. The molecule has 1 aliphatic rings. The summed E-state index contributed by atoms with van der Waals surface area (Å²) in [5.41, 5.74) is 2.81. The number of aliphatic hydroxyl groups excluding tert-OH is 1. The third-order valence-electron chi connectivity index (χ3n) is 3.23. The van der Waals surface area contributed by atoms with Gasteiger partial charge < -0.3 is 14.6 Å². The van der Waals surface area contributed by atoms with Gasteiger partial charge in [0, 0.05) is 18.7 Å². The van der Waals surface area contributed by atoms with E-state index in [1.54, 1.807) is 0 Å². The summed E-state index contributed by atoms with van der Waals surface area (Å²) < 4.78 is 12.9. The number of aromatic nitrogens is 2. The minimum atomic E-state index is -0.524. The maximum absolute atomic E-state index is 9.64. The SMILES string of the molecule is Cc1cc(COc2ccc3c(c2)OCC3O)n(C)n1. The first-order valence-electron chi connectivity index (χ1n) is 6.20. The molecule has 5 nitrogen and oxygen atoms in total. The Kier molecular flexibility index (Phi) is 2.91. The molecule has 0 saturated carbocycles. The van der Waals surface area contributed by atoms with Crippen molar-refractivity contribution in [2.75, 3.05) is 6.61 Å². The predicted octanol–water partition coefficient (Wildman–Crippen LogP) is 1.73. The molecule has 0 saturated heterocycles. The molecule has 5 heteroatoms. The second kappa shape index (κ2) is 4.59. The second-order valence-electron chi connectivity index (χ2n) is 4.72. The molecule has 1 atom stereocenters. The molecular formula is C14H16N2O3. The minimum Gasteiger partial charge on any atom is -0.490 e. The van der Waals surface area contributed by atoms with Crippen molar-refractivity contribution in [1.29, 1.82) is 0 Å². The van der Waals surface area contributed by atoms with E-state index in [0.717, 1.165) is 22.7 Å². The lowest BCUT2D eigenvalue weighted by atomic mass is 10.1. The summed E-state index contributed by atoms with van der Waals surface area (Å²) in [7, 11) is 1.90. The van der Waals surface area contributed by atoms with Crippen molar-refractivity contribution in [3.05, 3.63) is 41.2 Å². The molecule has 1 unspecified atom stereocenters. The second-order valence-corrected chi connectivity index (χ2v) is 4.72. The lowest BCUT2D eigenvalue weighted by molar-refractivity contribution is 0.140. The average molecular weight is 260 g/mol. The zero-order valence-electron chi connectivity index (χ0n) is 11.0. The summed E-state index contributed by atoms with van der Waals surface area (Å²) in [6.45, 7) is 2.73. The number of aliphatic hydroxyl groups is 1. The first-order valence-corrected chi connectivity index (χ1v) is 6.20. The molecule has 0 amide bonds. The molecule has 1 aromatic carbocycles. The Morgan fingerprint density at radius 2 is 2.32 bits per heavy atom. The number of aryl methyl sites for hydroxylation is 2. The molecule has 0 aliphatic carbocycles. The molecule has 1 aliphatic heterocycles. The van der Waals surface area contributed by atoms with Gasteiger partial charge in [-0.1, -0.05) is 0 Å². The van der Waals surface area contributed by atoms with E-state index in [0.29, 0.717) is 19.0 Å². The van der Waals surface area contributed by atoms with Crippen molar-refractivity contribution in [3.63, 3.8) is 0 Å². The lowest BCUT2D eigenvalue weighted by Crippen LogP contribution is -2.03. The van der Waals surface area contributed by atoms with Crippen LogP contribution in [0.25, 0.3) is 0 Å². The first kappa shape index (κ1) is 12.0. The molecule has 19 heavy (non-hydrogen) atoms. The third-order valence-corrected chi connectivity index (χ3v) is 3.23. The predicted molar refractivity (Wildman–Crippen MR) is 69.2 cm³/mol. The monoisotopic (exact) mass is 260 g/mol.